The van der Waals surface area contributed by atoms with E-state index in [2.05, 4.69) is 21.9 Å². The molecule has 9 heteroatoms. The van der Waals surface area contributed by atoms with Crippen molar-refractivity contribution in [2.45, 2.75) is 52.1 Å². The number of amides is 1. The minimum atomic E-state index is -4.74. The Labute approximate surface area is 196 Å². The van der Waals surface area contributed by atoms with E-state index in [0.717, 1.165) is 5.56 Å². The number of halogens is 3. The first kappa shape index (κ1) is 26.6. The van der Waals surface area contributed by atoms with E-state index in [4.69, 9.17) is 9.47 Å². The van der Waals surface area contributed by atoms with Crippen molar-refractivity contribution in [1.82, 2.24) is 5.32 Å². The summed E-state index contributed by atoms with van der Waals surface area (Å²) in [5, 5.41) is 2.78. The standard InChI is InChI=1S/C25H26F3NO5/c1-4-32-23(31)24(2,3)33-20-15-11-19(12-16-20)17-29-22(30)8-6-5-7-18-9-13-21(14-10-18)34-25(26,27)28/h9-16H,4,6,8,17H2,1-3H3,(H,29,30). The lowest BCUT2D eigenvalue weighted by Crippen LogP contribution is -2.39. The fourth-order valence-electron chi connectivity index (χ4n) is 2.69. The third kappa shape index (κ3) is 9.45. The lowest BCUT2D eigenvalue weighted by atomic mass is 10.1. The van der Waals surface area contributed by atoms with Gasteiger partial charge in [-0.2, -0.15) is 0 Å². The summed E-state index contributed by atoms with van der Waals surface area (Å²) in [5.41, 5.74) is 0.247. The van der Waals surface area contributed by atoms with E-state index in [1.807, 2.05) is 0 Å². The number of esters is 1. The zero-order valence-corrected chi connectivity index (χ0v) is 19.1. The van der Waals surface area contributed by atoms with Crippen LogP contribution >= 0.6 is 0 Å². The van der Waals surface area contributed by atoms with Gasteiger partial charge in [0.05, 0.1) is 6.61 Å². The van der Waals surface area contributed by atoms with Crippen LogP contribution in [0, 0.1) is 11.8 Å². The third-order valence-electron chi connectivity index (χ3n) is 4.35. The van der Waals surface area contributed by atoms with Gasteiger partial charge in [-0.25, -0.2) is 4.79 Å². The van der Waals surface area contributed by atoms with Gasteiger partial charge < -0.3 is 19.5 Å². The number of carbonyl (C=O) groups excluding carboxylic acids is 2. The summed E-state index contributed by atoms with van der Waals surface area (Å²) in [7, 11) is 0. The number of nitrogens with one attached hydrogen (secondary N) is 1. The molecule has 182 valence electrons. The van der Waals surface area contributed by atoms with Crippen molar-refractivity contribution in [3.63, 3.8) is 0 Å². The fourth-order valence-corrected chi connectivity index (χ4v) is 2.69. The van der Waals surface area contributed by atoms with E-state index in [0.29, 0.717) is 24.3 Å². The smallest absolute Gasteiger partial charge is 0.476 e. The SMILES string of the molecule is CCOC(=O)C(C)(C)Oc1ccc(CNC(=O)CCC#Cc2ccc(OC(F)(F)F)cc2)cc1. The summed E-state index contributed by atoms with van der Waals surface area (Å²) in [4.78, 5) is 23.9. The molecule has 0 spiro atoms. The van der Waals surface area contributed by atoms with Crippen LogP contribution in [0.2, 0.25) is 0 Å². The molecule has 0 atom stereocenters. The number of ether oxygens (including phenoxy) is 3. The van der Waals surface area contributed by atoms with Gasteiger partial charge in [-0.05, 0) is 62.7 Å². The largest absolute Gasteiger partial charge is 0.573 e. The topological polar surface area (TPSA) is 73.9 Å². The highest BCUT2D eigenvalue weighted by Gasteiger charge is 2.32. The van der Waals surface area contributed by atoms with Crippen LogP contribution in [0.3, 0.4) is 0 Å². The number of hydrogen-bond donors (Lipinski definition) is 1. The first-order chi connectivity index (χ1) is 16.0. The Morgan fingerprint density at radius 2 is 1.53 bits per heavy atom. The average molecular weight is 477 g/mol. The molecule has 0 saturated carbocycles. The number of carbonyl (C=O) groups is 2. The van der Waals surface area contributed by atoms with Crippen LogP contribution in [-0.4, -0.2) is 30.4 Å². The summed E-state index contributed by atoms with van der Waals surface area (Å²) in [6.45, 7) is 5.56. The molecular weight excluding hydrogens is 451 g/mol. The highest BCUT2D eigenvalue weighted by Crippen LogP contribution is 2.23. The Hall–Kier alpha value is -3.67. The molecule has 0 fully saturated rings. The molecule has 0 unspecified atom stereocenters. The Bertz CT molecular complexity index is 1020. The van der Waals surface area contributed by atoms with Crippen molar-refractivity contribution in [3.8, 4) is 23.3 Å². The zero-order chi connectivity index (χ0) is 25.2. The predicted octanol–water partition coefficient (Wildman–Crippen LogP) is 4.75. The minimum Gasteiger partial charge on any atom is -0.476 e. The van der Waals surface area contributed by atoms with E-state index in [1.165, 1.54) is 24.3 Å². The van der Waals surface area contributed by atoms with Crippen molar-refractivity contribution in [2.24, 2.45) is 0 Å². The second-order valence-corrected chi connectivity index (χ2v) is 7.63. The molecule has 1 N–H and O–H groups in total. The van der Waals surface area contributed by atoms with Gasteiger partial charge >= 0.3 is 12.3 Å². The second-order valence-electron chi connectivity index (χ2n) is 7.63. The van der Waals surface area contributed by atoms with Gasteiger partial charge in [-0.3, -0.25) is 4.79 Å². The van der Waals surface area contributed by atoms with Crippen molar-refractivity contribution in [2.75, 3.05) is 6.61 Å². The van der Waals surface area contributed by atoms with Crippen LogP contribution in [0.4, 0.5) is 13.2 Å². The summed E-state index contributed by atoms with van der Waals surface area (Å²) in [6, 6.07) is 12.2. The predicted molar refractivity (Wildman–Crippen MR) is 119 cm³/mol. The van der Waals surface area contributed by atoms with E-state index in [1.54, 1.807) is 45.0 Å². The Morgan fingerprint density at radius 1 is 0.941 bits per heavy atom. The number of rotatable bonds is 9. The van der Waals surface area contributed by atoms with Crippen LogP contribution < -0.4 is 14.8 Å². The molecule has 2 aromatic carbocycles. The molecule has 0 saturated heterocycles. The van der Waals surface area contributed by atoms with E-state index >= 15 is 0 Å². The van der Waals surface area contributed by atoms with Crippen molar-refractivity contribution < 1.29 is 37.0 Å². The van der Waals surface area contributed by atoms with Crippen molar-refractivity contribution in [1.29, 1.82) is 0 Å². The molecule has 0 heterocycles. The Kier molecular flexibility index (Phi) is 9.36. The van der Waals surface area contributed by atoms with Gasteiger partial charge in [-0.1, -0.05) is 24.0 Å². The maximum absolute atomic E-state index is 12.2. The van der Waals surface area contributed by atoms with Crippen molar-refractivity contribution in [3.05, 3.63) is 59.7 Å². The molecule has 2 rings (SSSR count). The van der Waals surface area contributed by atoms with Crippen LogP contribution in [0.1, 0.15) is 44.7 Å². The molecule has 0 aliphatic carbocycles. The highest BCUT2D eigenvalue weighted by molar-refractivity contribution is 5.79. The Morgan fingerprint density at radius 3 is 2.12 bits per heavy atom. The summed E-state index contributed by atoms with van der Waals surface area (Å²) in [5.74, 6) is 5.15. The first-order valence-electron chi connectivity index (χ1n) is 10.5. The molecule has 6 nitrogen and oxygen atoms in total. The number of alkyl halides is 3. The van der Waals surface area contributed by atoms with E-state index in [9.17, 15) is 22.8 Å². The molecule has 0 radical (unpaired) electrons. The number of hydrogen-bond acceptors (Lipinski definition) is 5. The highest BCUT2D eigenvalue weighted by atomic mass is 19.4. The molecule has 34 heavy (non-hydrogen) atoms. The average Bonchev–Trinajstić information content (AvgIpc) is 2.76. The van der Waals surface area contributed by atoms with Gasteiger partial charge in [0, 0.05) is 24.9 Å². The second kappa shape index (κ2) is 12.0. The third-order valence-corrected chi connectivity index (χ3v) is 4.35. The maximum atomic E-state index is 12.2. The van der Waals surface area contributed by atoms with Gasteiger partial charge in [0.2, 0.25) is 5.91 Å². The Balaban J connectivity index is 1.75. The number of benzene rings is 2. The van der Waals surface area contributed by atoms with Gasteiger partial charge in [0.1, 0.15) is 11.5 Å². The first-order valence-corrected chi connectivity index (χ1v) is 10.5. The fraction of sp³-hybridized carbons (Fsp3) is 0.360. The van der Waals surface area contributed by atoms with Crippen LogP contribution in [0.25, 0.3) is 0 Å². The van der Waals surface area contributed by atoms with E-state index < -0.39 is 17.9 Å². The van der Waals surface area contributed by atoms with Crippen LogP contribution in [0.5, 0.6) is 11.5 Å². The molecule has 0 bridgehead atoms. The molecule has 0 aliphatic heterocycles. The summed E-state index contributed by atoms with van der Waals surface area (Å²) in [6.07, 6.45) is -4.27. The quantitative estimate of drug-likeness (QED) is 0.417. The summed E-state index contributed by atoms with van der Waals surface area (Å²) < 4.78 is 50.9. The van der Waals surface area contributed by atoms with Gasteiger partial charge in [-0.15, -0.1) is 13.2 Å². The van der Waals surface area contributed by atoms with E-state index in [-0.39, 0.29) is 24.7 Å². The van der Waals surface area contributed by atoms with Gasteiger partial charge in [0.15, 0.2) is 5.60 Å². The normalized spacial score (nSPS) is 11.1. The van der Waals surface area contributed by atoms with Gasteiger partial charge in [0.25, 0.3) is 0 Å². The zero-order valence-electron chi connectivity index (χ0n) is 19.1. The molecule has 2 aromatic rings. The minimum absolute atomic E-state index is 0.178. The lowest BCUT2D eigenvalue weighted by Gasteiger charge is -2.24. The van der Waals surface area contributed by atoms with Crippen LogP contribution in [0.15, 0.2) is 48.5 Å². The lowest BCUT2D eigenvalue weighted by molar-refractivity contribution is -0.274. The monoisotopic (exact) mass is 477 g/mol. The molecule has 1 amide bonds. The van der Waals surface area contributed by atoms with Crippen molar-refractivity contribution >= 4 is 11.9 Å². The maximum Gasteiger partial charge on any atom is 0.573 e. The summed E-state index contributed by atoms with van der Waals surface area (Å²) >= 11 is 0. The molecule has 0 aromatic heterocycles. The molecular formula is C25H26F3NO5. The van der Waals surface area contributed by atoms with Crippen LogP contribution in [-0.2, 0) is 20.9 Å². The molecule has 0 aliphatic rings.